The number of alkyl halides is 3. The van der Waals surface area contributed by atoms with Crippen LogP contribution in [0.3, 0.4) is 0 Å². The second-order valence-electron chi connectivity index (χ2n) is 4.54. The van der Waals surface area contributed by atoms with Gasteiger partial charge in [0.05, 0.1) is 17.2 Å². The van der Waals surface area contributed by atoms with Crippen LogP contribution in [0.15, 0.2) is 42.7 Å². The molecule has 2 aromatic rings. The molecule has 2 rings (SSSR count). The number of nitrogens with zero attached hydrogens (tertiary/aromatic N) is 2. The largest absolute Gasteiger partial charge is 0.417 e. The first kappa shape index (κ1) is 16.3. The van der Waals surface area contributed by atoms with Gasteiger partial charge >= 0.3 is 12.2 Å². The number of urea groups is 1. The maximum atomic E-state index is 12.8. The number of nitrogens with one attached hydrogen (secondary N) is 2. The Hall–Kier alpha value is -3.08. The summed E-state index contributed by atoms with van der Waals surface area (Å²) in [5.74, 6) is 0. The van der Waals surface area contributed by atoms with Crippen molar-refractivity contribution >= 4 is 11.7 Å². The number of halogens is 3. The van der Waals surface area contributed by atoms with E-state index in [1.54, 1.807) is 24.5 Å². The predicted octanol–water partition coefficient (Wildman–Crippen LogP) is 3.29. The zero-order valence-electron chi connectivity index (χ0n) is 11.7. The fraction of sp³-hybridized carbons (Fsp3) is 0.133. The molecule has 23 heavy (non-hydrogen) atoms. The smallest absolute Gasteiger partial charge is 0.334 e. The zero-order chi connectivity index (χ0) is 16.9. The predicted molar refractivity (Wildman–Crippen MR) is 76.3 cm³/mol. The van der Waals surface area contributed by atoms with Gasteiger partial charge in [0.2, 0.25) is 0 Å². The monoisotopic (exact) mass is 320 g/mol. The Kier molecular flexibility index (Phi) is 4.81. The number of benzene rings is 1. The van der Waals surface area contributed by atoms with Gasteiger partial charge in [-0.15, -0.1) is 0 Å². The van der Waals surface area contributed by atoms with E-state index in [-0.39, 0.29) is 12.2 Å². The van der Waals surface area contributed by atoms with Crippen LogP contribution in [-0.4, -0.2) is 11.0 Å². The van der Waals surface area contributed by atoms with E-state index >= 15 is 0 Å². The van der Waals surface area contributed by atoms with Crippen molar-refractivity contribution in [3.05, 3.63) is 59.4 Å². The molecule has 1 aromatic carbocycles. The Labute approximate surface area is 129 Å². The highest BCUT2D eigenvalue weighted by Gasteiger charge is 2.33. The summed E-state index contributed by atoms with van der Waals surface area (Å²) in [5.41, 5.74) is -0.901. The average molecular weight is 320 g/mol. The minimum Gasteiger partial charge on any atom is -0.334 e. The summed E-state index contributed by atoms with van der Waals surface area (Å²) in [6.07, 6.45) is -1.53. The van der Waals surface area contributed by atoms with Crippen molar-refractivity contribution < 1.29 is 18.0 Å². The summed E-state index contributed by atoms with van der Waals surface area (Å²) in [6, 6.07) is 7.23. The molecule has 0 aliphatic rings. The van der Waals surface area contributed by atoms with Gasteiger partial charge in [-0.25, -0.2) is 4.79 Å². The molecule has 0 fully saturated rings. The molecule has 0 radical (unpaired) electrons. The van der Waals surface area contributed by atoms with E-state index in [4.69, 9.17) is 5.26 Å². The van der Waals surface area contributed by atoms with Crippen molar-refractivity contribution in [2.75, 3.05) is 5.32 Å². The molecule has 0 saturated heterocycles. The molecule has 8 heteroatoms. The van der Waals surface area contributed by atoms with E-state index in [2.05, 4.69) is 15.6 Å². The molecule has 2 N–H and O–H groups in total. The molecule has 1 aromatic heterocycles. The number of carbonyl (C=O) groups is 1. The second-order valence-corrected chi connectivity index (χ2v) is 4.54. The summed E-state index contributed by atoms with van der Waals surface area (Å²) in [7, 11) is 0. The van der Waals surface area contributed by atoms with Gasteiger partial charge in [0.1, 0.15) is 0 Å². The Morgan fingerprint density at radius 3 is 2.70 bits per heavy atom. The second kappa shape index (κ2) is 6.79. The first-order valence-corrected chi connectivity index (χ1v) is 6.45. The molecule has 0 saturated carbocycles. The maximum Gasteiger partial charge on any atom is 0.417 e. The number of anilines is 1. The van der Waals surface area contributed by atoms with Crippen molar-refractivity contribution in [2.24, 2.45) is 0 Å². The van der Waals surface area contributed by atoms with Crippen LogP contribution in [0.25, 0.3) is 0 Å². The van der Waals surface area contributed by atoms with Crippen LogP contribution in [0.2, 0.25) is 0 Å². The lowest BCUT2D eigenvalue weighted by atomic mass is 10.1. The highest BCUT2D eigenvalue weighted by Crippen LogP contribution is 2.33. The van der Waals surface area contributed by atoms with Gasteiger partial charge in [-0.1, -0.05) is 6.07 Å². The van der Waals surface area contributed by atoms with E-state index < -0.39 is 23.3 Å². The SMILES string of the molecule is N#Cc1ccc(NC(=O)NCc2cccnc2)cc1C(F)(F)F. The van der Waals surface area contributed by atoms with Crippen molar-refractivity contribution in [3.8, 4) is 6.07 Å². The fourth-order valence-electron chi connectivity index (χ4n) is 1.81. The van der Waals surface area contributed by atoms with Gasteiger partial charge in [0.25, 0.3) is 0 Å². The first-order chi connectivity index (χ1) is 10.9. The van der Waals surface area contributed by atoms with E-state index in [9.17, 15) is 18.0 Å². The highest BCUT2D eigenvalue weighted by molar-refractivity contribution is 5.89. The lowest BCUT2D eigenvalue weighted by Crippen LogP contribution is -2.28. The number of nitriles is 1. The van der Waals surface area contributed by atoms with E-state index in [0.29, 0.717) is 0 Å². The number of hydrogen-bond acceptors (Lipinski definition) is 3. The molecular weight excluding hydrogens is 309 g/mol. The third kappa shape index (κ3) is 4.44. The molecule has 0 aliphatic heterocycles. The molecule has 5 nitrogen and oxygen atoms in total. The highest BCUT2D eigenvalue weighted by atomic mass is 19.4. The average Bonchev–Trinajstić information content (AvgIpc) is 2.53. The number of amides is 2. The van der Waals surface area contributed by atoms with Gasteiger partial charge in [-0.3, -0.25) is 4.98 Å². The van der Waals surface area contributed by atoms with Gasteiger partial charge in [-0.2, -0.15) is 18.4 Å². The van der Waals surface area contributed by atoms with Crippen molar-refractivity contribution in [2.45, 2.75) is 12.7 Å². The quantitative estimate of drug-likeness (QED) is 0.911. The first-order valence-electron chi connectivity index (χ1n) is 6.45. The Balaban J connectivity index is 2.05. The molecule has 0 atom stereocenters. The Morgan fingerprint density at radius 1 is 1.30 bits per heavy atom. The lowest BCUT2D eigenvalue weighted by Gasteiger charge is -2.12. The number of hydrogen-bond donors (Lipinski definition) is 2. The van der Waals surface area contributed by atoms with Crippen LogP contribution >= 0.6 is 0 Å². The summed E-state index contributed by atoms with van der Waals surface area (Å²) >= 11 is 0. The van der Waals surface area contributed by atoms with E-state index in [1.165, 1.54) is 12.1 Å². The molecule has 118 valence electrons. The summed E-state index contributed by atoms with van der Waals surface area (Å²) < 4.78 is 38.5. The standard InChI is InChI=1S/C15H11F3N4O/c16-15(17,18)13-6-12(4-3-11(13)7-19)22-14(23)21-9-10-2-1-5-20-8-10/h1-6,8H,9H2,(H2,21,22,23). The topological polar surface area (TPSA) is 77.8 Å². The third-order valence-electron chi connectivity index (χ3n) is 2.88. The maximum absolute atomic E-state index is 12.8. The Bertz CT molecular complexity index is 739. The van der Waals surface area contributed by atoms with Crippen molar-refractivity contribution in [3.63, 3.8) is 0 Å². The fourth-order valence-corrected chi connectivity index (χ4v) is 1.81. The third-order valence-corrected chi connectivity index (χ3v) is 2.88. The van der Waals surface area contributed by atoms with E-state index in [0.717, 1.165) is 17.7 Å². The zero-order valence-corrected chi connectivity index (χ0v) is 11.7. The van der Waals surface area contributed by atoms with Crippen LogP contribution < -0.4 is 10.6 Å². The van der Waals surface area contributed by atoms with Crippen LogP contribution in [-0.2, 0) is 12.7 Å². The molecule has 0 unspecified atom stereocenters. The van der Waals surface area contributed by atoms with Gasteiger partial charge in [0, 0.05) is 24.6 Å². The van der Waals surface area contributed by atoms with Crippen LogP contribution in [0.5, 0.6) is 0 Å². The minimum absolute atomic E-state index is 0.0555. The summed E-state index contributed by atoms with van der Waals surface area (Å²) in [5, 5.41) is 13.5. The van der Waals surface area contributed by atoms with Crippen LogP contribution in [0, 0.1) is 11.3 Å². The van der Waals surface area contributed by atoms with Crippen LogP contribution in [0.4, 0.5) is 23.7 Å². The summed E-state index contributed by atoms with van der Waals surface area (Å²) in [4.78, 5) is 15.6. The van der Waals surface area contributed by atoms with Crippen LogP contribution in [0.1, 0.15) is 16.7 Å². The molecule has 0 aliphatic carbocycles. The molecule has 0 bridgehead atoms. The Morgan fingerprint density at radius 2 is 2.09 bits per heavy atom. The van der Waals surface area contributed by atoms with Gasteiger partial charge in [0.15, 0.2) is 0 Å². The van der Waals surface area contributed by atoms with Crippen molar-refractivity contribution in [1.82, 2.24) is 10.3 Å². The van der Waals surface area contributed by atoms with Gasteiger partial charge < -0.3 is 10.6 Å². The normalized spacial score (nSPS) is 10.7. The molecular formula is C15H11F3N4O. The number of aromatic nitrogens is 1. The van der Waals surface area contributed by atoms with Crippen molar-refractivity contribution in [1.29, 1.82) is 5.26 Å². The van der Waals surface area contributed by atoms with E-state index in [1.807, 2.05) is 0 Å². The van der Waals surface area contributed by atoms with Gasteiger partial charge in [-0.05, 0) is 29.8 Å². The molecule has 2 amide bonds. The number of carbonyl (C=O) groups excluding carboxylic acids is 1. The molecule has 0 spiro atoms. The molecule has 1 heterocycles. The summed E-state index contributed by atoms with van der Waals surface area (Å²) in [6.45, 7) is 0.183. The number of pyridine rings is 1. The lowest BCUT2D eigenvalue weighted by molar-refractivity contribution is -0.137. The minimum atomic E-state index is -4.67. The number of rotatable bonds is 3.